The van der Waals surface area contributed by atoms with Gasteiger partial charge in [0.25, 0.3) is 0 Å². The minimum absolute atomic E-state index is 0.174. The molecule has 1 heterocycles. The Morgan fingerprint density at radius 3 is 2.83 bits per heavy atom. The van der Waals surface area contributed by atoms with Crippen molar-refractivity contribution in [3.63, 3.8) is 0 Å². The molecule has 0 bridgehead atoms. The summed E-state index contributed by atoms with van der Waals surface area (Å²) in [6.45, 7) is 5.39. The number of nitrogens with zero attached hydrogens (tertiary/aromatic N) is 1. The third-order valence-corrected chi connectivity index (χ3v) is 5.59. The molecule has 0 aromatic heterocycles. The first-order chi connectivity index (χ1) is 8.43. The molecule has 1 aliphatic rings. The molecule has 1 fully saturated rings. The van der Waals surface area contributed by atoms with E-state index in [4.69, 9.17) is 11.6 Å². The number of hydrogen-bond donors (Lipinski definition) is 1. The number of piperazine rings is 1. The van der Waals surface area contributed by atoms with Gasteiger partial charge in [-0.3, -0.25) is 0 Å². The van der Waals surface area contributed by atoms with E-state index in [1.54, 1.807) is 25.1 Å². The van der Waals surface area contributed by atoms with Crippen molar-refractivity contribution in [2.75, 3.05) is 19.6 Å². The number of sulfonamides is 1. The fraction of sp³-hybridized carbons (Fsp3) is 0.500. The maximum Gasteiger partial charge on any atom is 0.243 e. The fourth-order valence-corrected chi connectivity index (χ4v) is 4.13. The van der Waals surface area contributed by atoms with E-state index >= 15 is 0 Å². The number of benzene rings is 1. The van der Waals surface area contributed by atoms with Crippen molar-refractivity contribution in [3.8, 4) is 0 Å². The molecular weight excluding hydrogens is 272 g/mol. The Bertz CT molecular complexity index is 545. The van der Waals surface area contributed by atoms with E-state index in [-0.39, 0.29) is 6.04 Å². The van der Waals surface area contributed by atoms with Crippen molar-refractivity contribution < 1.29 is 8.42 Å². The molecule has 18 heavy (non-hydrogen) atoms. The second kappa shape index (κ2) is 5.17. The van der Waals surface area contributed by atoms with E-state index in [9.17, 15) is 8.42 Å². The Balaban J connectivity index is 2.39. The number of rotatable bonds is 2. The molecule has 4 nitrogen and oxygen atoms in total. The van der Waals surface area contributed by atoms with Crippen molar-refractivity contribution >= 4 is 21.6 Å². The van der Waals surface area contributed by atoms with Crippen molar-refractivity contribution in [1.29, 1.82) is 0 Å². The Morgan fingerprint density at radius 2 is 2.17 bits per heavy atom. The van der Waals surface area contributed by atoms with Crippen LogP contribution in [0.4, 0.5) is 0 Å². The van der Waals surface area contributed by atoms with E-state index in [1.807, 2.05) is 6.92 Å². The molecule has 0 spiro atoms. The SMILES string of the molecule is Cc1c(Cl)cccc1S(=O)(=O)N1CCN[C@H](C)C1. The summed E-state index contributed by atoms with van der Waals surface area (Å²) in [7, 11) is -3.44. The first-order valence-electron chi connectivity index (χ1n) is 5.91. The topological polar surface area (TPSA) is 49.4 Å². The van der Waals surface area contributed by atoms with Crippen LogP contribution in [0.15, 0.2) is 23.1 Å². The standard InChI is InChI=1S/C12H17ClN2O2S/c1-9-8-15(7-6-14-9)18(16,17)12-5-3-4-11(13)10(12)2/h3-5,9,14H,6-8H2,1-2H3/t9-/m1/s1. The average Bonchev–Trinajstić information content (AvgIpc) is 2.32. The van der Waals surface area contributed by atoms with Gasteiger partial charge in [0.15, 0.2) is 0 Å². The highest BCUT2D eigenvalue weighted by molar-refractivity contribution is 7.89. The van der Waals surface area contributed by atoms with Crippen LogP contribution in [-0.4, -0.2) is 38.4 Å². The van der Waals surface area contributed by atoms with Crippen LogP contribution < -0.4 is 5.32 Å². The van der Waals surface area contributed by atoms with Crippen LogP contribution in [0.2, 0.25) is 5.02 Å². The molecule has 0 aliphatic carbocycles. The summed E-state index contributed by atoms with van der Waals surface area (Å²) in [6.07, 6.45) is 0. The summed E-state index contributed by atoms with van der Waals surface area (Å²) in [5, 5.41) is 3.71. The largest absolute Gasteiger partial charge is 0.312 e. The highest BCUT2D eigenvalue weighted by atomic mass is 35.5. The first-order valence-corrected chi connectivity index (χ1v) is 7.73. The van der Waals surface area contributed by atoms with Crippen molar-refractivity contribution in [2.45, 2.75) is 24.8 Å². The van der Waals surface area contributed by atoms with Crippen LogP contribution in [0.1, 0.15) is 12.5 Å². The third kappa shape index (κ3) is 2.54. The maximum absolute atomic E-state index is 12.5. The molecule has 1 aliphatic heterocycles. The van der Waals surface area contributed by atoms with E-state index in [2.05, 4.69) is 5.32 Å². The second-order valence-electron chi connectivity index (χ2n) is 4.58. The van der Waals surface area contributed by atoms with Crippen molar-refractivity contribution in [1.82, 2.24) is 9.62 Å². The summed E-state index contributed by atoms with van der Waals surface area (Å²) in [6, 6.07) is 5.17. The molecule has 0 unspecified atom stereocenters. The van der Waals surface area contributed by atoms with Crippen LogP contribution in [0.3, 0.4) is 0 Å². The van der Waals surface area contributed by atoms with Gasteiger partial charge in [-0.05, 0) is 31.5 Å². The zero-order chi connectivity index (χ0) is 13.3. The molecule has 0 amide bonds. The molecule has 6 heteroatoms. The summed E-state index contributed by atoms with van der Waals surface area (Å²) in [4.78, 5) is 0.309. The summed E-state index contributed by atoms with van der Waals surface area (Å²) in [5.41, 5.74) is 0.616. The highest BCUT2D eigenvalue weighted by Crippen LogP contribution is 2.26. The van der Waals surface area contributed by atoms with Gasteiger partial charge in [0.2, 0.25) is 10.0 Å². The van der Waals surface area contributed by atoms with Crippen LogP contribution in [0, 0.1) is 6.92 Å². The predicted molar refractivity (Wildman–Crippen MR) is 72.4 cm³/mol. The van der Waals surface area contributed by atoms with Crippen LogP contribution in [-0.2, 0) is 10.0 Å². The molecule has 100 valence electrons. The number of hydrogen-bond acceptors (Lipinski definition) is 3. The van der Waals surface area contributed by atoms with Crippen molar-refractivity contribution in [3.05, 3.63) is 28.8 Å². The highest BCUT2D eigenvalue weighted by Gasteiger charge is 2.29. The lowest BCUT2D eigenvalue weighted by Gasteiger charge is -2.31. The van der Waals surface area contributed by atoms with Gasteiger partial charge in [-0.1, -0.05) is 17.7 Å². The average molecular weight is 289 g/mol. The summed E-state index contributed by atoms with van der Waals surface area (Å²) < 4.78 is 26.6. The van der Waals surface area contributed by atoms with E-state index in [0.29, 0.717) is 35.1 Å². The van der Waals surface area contributed by atoms with Crippen LogP contribution >= 0.6 is 11.6 Å². The summed E-state index contributed by atoms with van der Waals surface area (Å²) in [5.74, 6) is 0. The maximum atomic E-state index is 12.5. The van der Waals surface area contributed by atoms with Gasteiger partial charge >= 0.3 is 0 Å². The Hall–Kier alpha value is -0.620. The second-order valence-corrected chi connectivity index (χ2v) is 6.89. The smallest absolute Gasteiger partial charge is 0.243 e. The molecule has 1 atom stereocenters. The Morgan fingerprint density at radius 1 is 1.44 bits per heavy atom. The van der Waals surface area contributed by atoms with Gasteiger partial charge in [-0.2, -0.15) is 4.31 Å². The van der Waals surface area contributed by atoms with E-state index in [1.165, 1.54) is 4.31 Å². The first kappa shape index (κ1) is 13.8. The quantitative estimate of drug-likeness (QED) is 0.900. The third-order valence-electron chi connectivity index (χ3n) is 3.17. The zero-order valence-corrected chi connectivity index (χ0v) is 12.1. The molecule has 1 N–H and O–H groups in total. The van der Waals surface area contributed by atoms with Gasteiger partial charge in [0.05, 0.1) is 4.90 Å². The molecule has 1 aromatic rings. The molecule has 0 radical (unpaired) electrons. The normalized spacial score (nSPS) is 22.1. The van der Waals surface area contributed by atoms with Crippen LogP contribution in [0.25, 0.3) is 0 Å². The monoisotopic (exact) mass is 288 g/mol. The van der Waals surface area contributed by atoms with Gasteiger partial charge < -0.3 is 5.32 Å². The molecule has 1 aromatic carbocycles. The predicted octanol–water partition coefficient (Wildman–Crippen LogP) is 1.63. The lowest BCUT2D eigenvalue weighted by Crippen LogP contribution is -2.51. The molecule has 1 saturated heterocycles. The van der Waals surface area contributed by atoms with E-state index in [0.717, 1.165) is 0 Å². The van der Waals surface area contributed by atoms with E-state index < -0.39 is 10.0 Å². The molecule has 2 rings (SSSR count). The number of nitrogens with one attached hydrogen (secondary N) is 1. The molecule has 0 saturated carbocycles. The minimum Gasteiger partial charge on any atom is -0.312 e. The number of halogens is 1. The lowest BCUT2D eigenvalue weighted by atomic mass is 10.2. The van der Waals surface area contributed by atoms with Gasteiger partial charge in [-0.15, -0.1) is 0 Å². The zero-order valence-electron chi connectivity index (χ0n) is 10.5. The minimum atomic E-state index is -3.44. The summed E-state index contributed by atoms with van der Waals surface area (Å²) >= 11 is 5.99. The fourth-order valence-electron chi connectivity index (χ4n) is 2.12. The van der Waals surface area contributed by atoms with Gasteiger partial charge in [0, 0.05) is 30.7 Å². The van der Waals surface area contributed by atoms with Gasteiger partial charge in [-0.25, -0.2) is 8.42 Å². The Kier molecular flexibility index (Phi) is 3.96. The lowest BCUT2D eigenvalue weighted by molar-refractivity contribution is 0.310. The molecular formula is C12H17ClN2O2S. The Labute approximate surface area is 113 Å². The van der Waals surface area contributed by atoms with Gasteiger partial charge in [0.1, 0.15) is 0 Å². The van der Waals surface area contributed by atoms with Crippen molar-refractivity contribution in [2.24, 2.45) is 0 Å². The van der Waals surface area contributed by atoms with Crippen LogP contribution in [0.5, 0.6) is 0 Å².